The summed E-state index contributed by atoms with van der Waals surface area (Å²) in [5, 5.41) is 7.19. The highest BCUT2D eigenvalue weighted by atomic mass is 16.5. The number of hydrogen-bond donors (Lipinski definition) is 2. The number of aromatic nitrogens is 1. The Bertz CT molecular complexity index is 607. The Balaban J connectivity index is 2.04. The first kappa shape index (κ1) is 16.1. The van der Waals surface area contributed by atoms with E-state index < -0.39 is 0 Å². The van der Waals surface area contributed by atoms with Crippen LogP contribution in [0.3, 0.4) is 0 Å². The number of nitrogens with two attached hydrogens (primary N) is 1. The van der Waals surface area contributed by atoms with Crippen molar-refractivity contribution in [2.45, 2.75) is 46.6 Å². The largest absolute Gasteiger partial charge is 0.370 e. The predicted molar refractivity (Wildman–Crippen MR) is 90.0 cm³/mol. The molecule has 0 fully saturated rings. The summed E-state index contributed by atoms with van der Waals surface area (Å²) in [6.07, 6.45) is 2.67. The first-order chi connectivity index (χ1) is 10.7. The van der Waals surface area contributed by atoms with Crippen LogP contribution in [0.1, 0.15) is 43.4 Å². The number of nitrogens with zero attached hydrogens (tertiary/aromatic N) is 2. The highest BCUT2D eigenvalue weighted by Gasteiger charge is 2.12. The fourth-order valence-corrected chi connectivity index (χ4v) is 2.29. The van der Waals surface area contributed by atoms with Gasteiger partial charge in [0.1, 0.15) is 5.76 Å². The molecule has 0 unspecified atom stereocenters. The standard InChI is InChI=1S/C17H24N4O/c1-4-12-7-9-13(10-8-12)20-17(18)19-11-14-15(5-2)21-22-16(14)6-3/h7-10H,4-6,11H2,1-3H3,(H3,18,19,20). The summed E-state index contributed by atoms with van der Waals surface area (Å²) in [5.41, 5.74) is 10.2. The lowest BCUT2D eigenvalue weighted by Gasteiger charge is -2.06. The maximum absolute atomic E-state index is 5.96. The van der Waals surface area contributed by atoms with E-state index in [0.717, 1.165) is 42.0 Å². The first-order valence-electron chi connectivity index (χ1n) is 7.80. The van der Waals surface area contributed by atoms with Gasteiger partial charge >= 0.3 is 0 Å². The third-order valence-electron chi connectivity index (χ3n) is 3.65. The van der Waals surface area contributed by atoms with Gasteiger partial charge in [0.15, 0.2) is 5.96 Å². The van der Waals surface area contributed by atoms with Gasteiger partial charge in [-0.15, -0.1) is 0 Å². The highest BCUT2D eigenvalue weighted by Crippen LogP contribution is 2.17. The Hall–Kier alpha value is -2.30. The zero-order valence-corrected chi connectivity index (χ0v) is 13.5. The summed E-state index contributed by atoms with van der Waals surface area (Å²) in [5.74, 6) is 1.29. The summed E-state index contributed by atoms with van der Waals surface area (Å²) in [4.78, 5) is 4.41. The number of guanidine groups is 1. The van der Waals surface area contributed by atoms with Gasteiger partial charge in [0.25, 0.3) is 0 Å². The summed E-state index contributed by atoms with van der Waals surface area (Å²) in [6, 6.07) is 8.19. The van der Waals surface area contributed by atoms with Crippen molar-refractivity contribution >= 4 is 11.6 Å². The topological polar surface area (TPSA) is 76.4 Å². The third-order valence-corrected chi connectivity index (χ3v) is 3.65. The number of hydrogen-bond acceptors (Lipinski definition) is 3. The molecule has 0 spiro atoms. The van der Waals surface area contributed by atoms with Crippen LogP contribution in [0.2, 0.25) is 0 Å². The van der Waals surface area contributed by atoms with Crippen LogP contribution in [-0.2, 0) is 25.8 Å². The summed E-state index contributed by atoms with van der Waals surface area (Å²) >= 11 is 0. The van der Waals surface area contributed by atoms with Crippen LogP contribution in [0.4, 0.5) is 5.69 Å². The van der Waals surface area contributed by atoms with Crippen molar-refractivity contribution in [3.63, 3.8) is 0 Å². The molecule has 0 amide bonds. The van der Waals surface area contributed by atoms with Gasteiger partial charge in [0.05, 0.1) is 12.2 Å². The van der Waals surface area contributed by atoms with E-state index in [1.54, 1.807) is 0 Å². The fraction of sp³-hybridized carbons (Fsp3) is 0.412. The van der Waals surface area contributed by atoms with Crippen LogP contribution in [0.15, 0.2) is 33.8 Å². The Morgan fingerprint density at radius 2 is 1.86 bits per heavy atom. The van der Waals surface area contributed by atoms with Crippen molar-refractivity contribution in [2.24, 2.45) is 10.7 Å². The number of rotatable bonds is 6. The van der Waals surface area contributed by atoms with Crippen molar-refractivity contribution in [3.05, 3.63) is 46.8 Å². The molecule has 0 radical (unpaired) electrons. The number of aryl methyl sites for hydroxylation is 3. The van der Waals surface area contributed by atoms with Crippen LogP contribution in [0.25, 0.3) is 0 Å². The molecule has 3 N–H and O–H groups in total. The molecule has 0 aliphatic rings. The average molecular weight is 300 g/mol. The van der Waals surface area contributed by atoms with E-state index in [2.05, 4.69) is 41.4 Å². The van der Waals surface area contributed by atoms with Crippen molar-refractivity contribution in [3.8, 4) is 0 Å². The molecular weight excluding hydrogens is 276 g/mol. The molecule has 118 valence electrons. The predicted octanol–water partition coefficient (Wildman–Crippen LogP) is 3.29. The van der Waals surface area contributed by atoms with Gasteiger partial charge in [-0.05, 0) is 30.5 Å². The van der Waals surface area contributed by atoms with Crippen LogP contribution >= 0.6 is 0 Å². The van der Waals surface area contributed by atoms with Crippen LogP contribution < -0.4 is 11.1 Å². The molecular formula is C17H24N4O. The Morgan fingerprint density at radius 3 is 2.45 bits per heavy atom. The molecule has 1 aromatic carbocycles. The molecule has 0 aliphatic heterocycles. The molecule has 0 atom stereocenters. The molecule has 0 bridgehead atoms. The van der Waals surface area contributed by atoms with Crippen molar-refractivity contribution in [1.82, 2.24) is 5.16 Å². The third kappa shape index (κ3) is 3.87. The Kier molecular flexibility index (Phi) is 5.58. The number of aliphatic imine (C=N–C) groups is 1. The monoisotopic (exact) mass is 300 g/mol. The maximum Gasteiger partial charge on any atom is 0.193 e. The lowest BCUT2D eigenvalue weighted by atomic mass is 10.1. The Morgan fingerprint density at radius 1 is 1.14 bits per heavy atom. The smallest absolute Gasteiger partial charge is 0.193 e. The van der Waals surface area contributed by atoms with E-state index in [4.69, 9.17) is 10.3 Å². The normalized spacial score (nSPS) is 11.7. The molecule has 2 rings (SSSR count). The van der Waals surface area contributed by atoms with Gasteiger partial charge < -0.3 is 15.6 Å². The van der Waals surface area contributed by atoms with Crippen LogP contribution in [0, 0.1) is 0 Å². The lowest BCUT2D eigenvalue weighted by Crippen LogP contribution is -2.22. The second kappa shape index (κ2) is 7.64. The molecule has 5 heteroatoms. The van der Waals surface area contributed by atoms with Gasteiger partial charge in [-0.25, -0.2) is 4.99 Å². The second-order valence-electron chi connectivity index (χ2n) is 5.12. The van der Waals surface area contributed by atoms with E-state index in [1.807, 2.05) is 19.1 Å². The van der Waals surface area contributed by atoms with Crippen LogP contribution in [0.5, 0.6) is 0 Å². The molecule has 0 saturated heterocycles. The zero-order valence-electron chi connectivity index (χ0n) is 13.5. The minimum absolute atomic E-state index is 0.398. The summed E-state index contributed by atoms with van der Waals surface area (Å²) in [6.45, 7) is 6.72. The van der Waals surface area contributed by atoms with Crippen molar-refractivity contribution < 1.29 is 4.52 Å². The van der Waals surface area contributed by atoms with Crippen LogP contribution in [-0.4, -0.2) is 11.1 Å². The second-order valence-corrected chi connectivity index (χ2v) is 5.12. The maximum atomic E-state index is 5.96. The zero-order chi connectivity index (χ0) is 15.9. The first-order valence-corrected chi connectivity index (χ1v) is 7.80. The quantitative estimate of drug-likeness (QED) is 0.634. The lowest BCUT2D eigenvalue weighted by molar-refractivity contribution is 0.380. The summed E-state index contributed by atoms with van der Waals surface area (Å²) in [7, 11) is 0. The molecule has 5 nitrogen and oxygen atoms in total. The van der Waals surface area contributed by atoms with E-state index in [-0.39, 0.29) is 0 Å². The van der Waals surface area contributed by atoms with E-state index in [1.165, 1.54) is 5.56 Å². The SMILES string of the molecule is CCc1ccc(NC(N)=NCc2c(CC)noc2CC)cc1. The molecule has 22 heavy (non-hydrogen) atoms. The molecule has 0 saturated carbocycles. The average Bonchev–Trinajstić information content (AvgIpc) is 2.95. The molecule has 0 aliphatic carbocycles. The minimum Gasteiger partial charge on any atom is -0.370 e. The minimum atomic E-state index is 0.398. The Labute approximate surface area is 131 Å². The van der Waals surface area contributed by atoms with Gasteiger partial charge in [0.2, 0.25) is 0 Å². The molecule has 1 aromatic heterocycles. The molecule has 1 heterocycles. The number of nitrogens with one attached hydrogen (secondary N) is 1. The van der Waals surface area contributed by atoms with Gasteiger partial charge in [-0.3, -0.25) is 0 Å². The number of benzene rings is 1. The number of anilines is 1. The molecule has 2 aromatic rings. The van der Waals surface area contributed by atoms with E-state index in [9.17, 15) is 0 Å². The summed E-state index contributed by atoms with van der Waals surface area (Å²) < 4.78 is 5.33. The van der Waals surface area contributed by atoms with Crippen molar-refractivity contribution in [1.29, 1.82) is 0 Å². The fourth-order valence-electron chi connectivity index (χ4n) is 2.29. The highest BCUT2D eigenvalue weighted by molar-refractivity contribution is 5.92. The van der Waals surface area contributed by atoms with E-state index in [0.29, 0.717) is 12.5 Å². The van der Waals surface area contributed by atoms with Crippen molar-refractivity contribution in [2.75, 3.05) is 5.32 Å². The van der Waals surface area contributed by atoms with Gasteiger partial charge in [-0.1, -0.05) is 38.1 Å². The van der Waals surface area contributed by atoms with Gasteiger partial charge in [-0.2, -0.15) is 0 Å². The van der Waals surface area contributed by atoms with Gasteiger partial charge in [0, 0.05) is 17.7 Å². The van der Waals surface area contributed by atoms with E-state index >= 15 is 0 Å².